The molecule has 1 fully saturated rings. The lowest BCUT2D eigenvalue weighted by Crippen LogP contribution is -2.32. The lowest BCUT2D eigenvalue weighted by molar-refractivity contribution is 0.468. The number of anilines is 1. The second-order valence-electron chi connectivity index (χ2n) is 7.12. The van der Waals surface area contributed by atoms with Crippen LogP contribution < -0.4 is 5.32 Å². The van der Waals surface area contributed by atoms with Gasteiger partial charge in [0.15, 0.2) is 5.03 Å². The first kappa shape index (κ1) is 19.5. The number of aromatic nitrogens is 2. The summed E-state index contributed by atoms with van der Waals surface area (Å²) in [5.41, 5.74) is 1.36. The molecule has 0 saturated carbocycles. The number of imidazole rings is 1. The largest absolute Gasteiger partial charge is 0.380 e. The average Bonchev–Trinajstić information content (AvgIpc) is 3.30. The van der Waals surface area contributed by atoms with Crippen molar-refractivity contribution in [3.63, 3.8) is 0 Å². The van der Waals surface area contributed by atoms with Crippen molar-refractivity contribution in [3.05, 3.63) is 78.3 Å². The van der Waals surface area contributed by atoms with Gasteiger partial charge in [0.05, 0.1) is 6.33 Å². The molecule has 1 aliphatic rings. The van der Waals surface area contributed by atoms with Crippen molar-refractivity contribution < 1.29 is 17.2 Å². The molecule has 2 atom stereocenters. The maximum atomic E-state index is 13.6. The topological polar surface area (TPSA) is 67.2 Å². The number of nitrogens with one attached hydrogen (secondary N) is 1. The van der Waals surface area contributed by atoms with Crippen LogP contribution >= 0.6 is 0 Å². The van der Waals surface area contributed by atoms with E-state index in [0.717, 1.165) is 5.56 Å². The molecule has 2 heterocycles. The number of halogens is 2. The first-order chi connectivity index (χ1) is 13.8. The highest BCUT2D eigenvalue weighted by molar-refractivity contribution is 7.89. The fourth-order valence-electron chi connectivity index (χ4n) is 3.60. The second-order valence-corrected chi connectivity index (χ2v) is 9.00. The summed E-state index contributed by atoms with van der Waals surface area (Å²) in [7, 11) is -2.09. The highest BCUT2D eigenvalue weighted by Crippen LogP contribution is 2.33. The van der Waals surface area contributed by atoms with Crippen LogP contribution in [0.15, 0.2) is 66.1 Å². The SMILES string of the molecule is Cn1cnc(S(=O)(=O)N2C[C@H](Nc3cccc(F)c3)[C@@H](c3ccc(F)cc3)C2)c1. The van der Waals surface area contributed by atoms with Crippen LogP contribution in [-0.4, -0.2) is 41.4 Å². The van der Waals surface area contributed by atoms with Crippen LogP contribution in [0.5, 0.6) is 0 Å². The third-order valence-electron chi connectivity index (χ3n) is 5.05. The molecule has 0 bridgehead atoms. The fourth-order valence-corrected chi connectivity index (χ4v) is 5.06. The van der Waals surface area contributed by atoms with Gasteiger partial charge in [0.2, 0.25) is 0 Å². The summed E-state index contributed by atoms with van der Waals surface area (Å²) in [5, 5.41) is 3.21. The van der Waals surface area contributed by atoms with Gasteiger partial charge in [-0.15, -0.1) is 0 Å². The molecule has 1 aromatic heterocycles. The van der Waals surface area contributed by atoms with Gasteiger partial charge in [-0.1, -0.05) is 18.2 Å². The number of aryl methyl sites for hydroxylation is 1. The van der Waals surface area contributed by atoms with Gasteiger partial charge in [0.25, 0.3) is 10.0 Å². The van der Waals surface area contributed by atoms with Crippen molar-refractivity contribution in [2.45, 2.75) is 17.0 Å². The molecule has 0 aliphatic carbocycles. The monoisotopic (exact) mass is 418 g/mol. The normalized spacial score (nSPS) is 20.1. The van der Waals surface area contributed by atoms with Gasteiger partial charge in [-0.25, -0.2) is 22.2 Å². The molecule has 1 aliphatic heterocycles. The predicted octanol–water partition coefficient (Wildman–Crippen LogP) is 2.97. The maximum Gasteiger partial charge on any atom is 0.262 e. The smallest absolute Gasteiger partial charge is 0.262 e. The zero-order valence-electron chi connectivity index (χ0n) is 15.7. The minimum absolute atomic E-state index is 0.0238. The van der Waals surface area contributed by atoms with Crippen LogP contribution in [-0.2, 0) is 17.1 Å². The van der Waals surface area contributed by atoms with Crippen molar-refractivity contribution in [1.82, 2.24) is 13.9 Å². The summed E-state index contributed by atoms with van der Waals surface area (Å²) >= 11 is 0. The van der Waals surface area contributed by atoms with Gasteiger partial charge in [-0.2, -0.15) is 4.31 Å². The highest BCUT2D eigenvalue weighted by Gasteiger charge is 2.41. The number of benzene rings is 2. The summed E-state index contributed by atoms with van der Waals surface area (Å²) in [5.74, 6) is -0.985. The quantitative estimate of drug-likeness (QED) is 0.692. The average molecular weight is 418 g/mol. The molecular weight excluding hydrogens is 398 g/mol. The molecule has 152 valence electrons. The van der Waals surface area contributed by atoms with Crippen molar-refractivity contribution in [2.75, 3.05) is 18.4 Å². The summed E-state index contributed by atoms with van der Waals surface area (Å²) in [6.45, 7) is 0.384. The Morgan fingerprint density at radius 2 is 1.83 bits per heavy atom. The van der Waals surface area contributed by atoms with Crippen molar-refractivity contribution in [2.24, 2.45) is 7.05 Å². The van der Waals surface area contributed by atoms with E-state index in [2.05, 4.69) is 10.3 Å². The fraction of sp³-hybridized carbons (Fsp3) is 0.250. The van der Waals surface area contributed by atoms with E-state index in [-0.39, 0.29) is 41.7 Å². The van der Waals surface area contributed by atoms with Gasteiger partial charge < -0.3 is 9.88 Å². The predicted molar refractivity (Wildman–Crippen MR) is 105 cm³/mol. The maximum absolute atomic E-state index is 13.6. The van der Waals surface area contributed by atoms with E-state index < -0.39 is 10.0 Å². The molecule has 0 radical (unpaired) electrons. The van der Waals surface area contributed by atoms with E-state index in [0.29, 0.717) is 5.69 Å². The van der Waals surface area contributed by atoms with Crippen molar-refractivity contribution in [1.29, 1.82) is 0 Å². The van der Waals surface area contributed by atoms with E-state index in [1.807, 2.05) is 0 Å². The zero-order chi connectivity index (χ0) is 20.6. The third kappa shape index (κ3) is 4.01. The number of hydrogen-bond acceptors (Lipinski definition) is 4. The Balaban J connectivity index is 1.66. The van der Waals surface area contributed by atoms with Gasteiger partial charge in [-0.3, -0.25) is 0 Å². The molecule has 1 N–H and O–H groups in total. The number of nitrogens with zero attached hydrogens (tertiary/aromatic N) is 3. The molecule has 0 unspecified atom stereocenters. The molecular formula is C20H20F2N4O2S. The molecule has 4 rings (SSSR count). The second kappa shape index (κ2) is 7.57. The molecule has 3 aromatic rings. The Morgan fingerprint density at radius 3 is 2.48 bits per heavy atom. The van der Waals surface area contributed by atoms with Crippen LogP contribution in [0.2, 0.25) is 0 Å². The van der Waals surface area contributed by atoms with E-state index in [1.165, 1.54) is 41.1 Å². The Bertz CT molecular complexity index is 1120. The Kier molecular flexibility index (Phi) is 5.10. The number of rotatable bonds is 5. The third-order valence-corrected chi connectivity index (χ3v) is 6.76. The van der Waals surface area contributed by atoms with Crippen LogP contribution in [0.25, 0.3) is 0 Å². The minimum atomic E-state index is -3.79. The summed E-state index contributed by atoms with van der Waals surface area (Å²) in [6, 6.07) is 11.7. The van der Waals surface area contributed by atoms with Crippen LogP contribution in [0.3, 0.4) is 0 Å². The van der Waals surface area contributed by atoms with E-state index in [4.69, 9.17) is 0 Å². The van der Waals surface area contributed by atoms with Crippen molar-refractivity contribution >= 4 is 15.7 Å². The standard InChI is InChI=1S/C20H20F2N4O2S/c1-25-12-20(23-13-25)29(27,28)26-10-18(14-5-7-15(21)8-6-14)19(11-26)24-17-4-2-3-16(22)9-17/h2-9,12-13,18-19,24H,10-11H2,1H3/t18-,19+/m1/s1. The van der Waals surface area contributed by atoms with Gasteiger partial charge in [0, 0.05) is 44.0 Å². The summed E-state index contributed by atoms with van der Waals surface area (Å²) < 4.78 is 56.0. The molecule has 6 nitrogen and oxygen atoms in total. The van der Waals surface area contributed by atoms with E-state index in [9.17, 15) is 17.2 Å². The van der Waals surface area contributed by atoms with Gasteiger partial charge in [-0.05, 0) is 35.9 Å². The minimum Gasteiger partial charge on any atom is -0.380 e. The molecule has 0 spiro atoms. The lowest BCUT2D eigenvalue weighted by atomic mass is 9.94. The first-order valence-electron chi connectivity index (χ1n) is 9.08. The first-order valence-corrected chi connectivity index (χ1v) is 10.5. The Labute approximate surface area is 167 Å². The molecule has 0 amide bonds. The Hall–Kier alpha value is -2.78. The number of hydrogen-bond donors (Lipinski definition) is 1. The zero-order valence-corrected chi connectivity index (χ0v) is 16.5. The highest BCUT2D eigenvalue weighted by atomic mass is 32.2. The molecule has 1 saturated heterocycles. The van der Waals surface area contributed by atoms with Crippen molar-refractivity contribution in [3.8, 4) is 0 Å². The van der Waals surface area contributed by atoms with Crippen LogP contribution in [0, 0.1) is 11.6 Å². The van der Waals surface area contributed by atoms with Gasteiger partial charge in [0.1, 0.15) is 11.6 Å². The number of sulfonamides is 1. The van der Waals surface area contributed by atoms with Crippen LogP contribution in [0.1, 0.15) is 11.5 Å². The lowest BCUT2D eigenvalue weighted by Gasteiger charge is -2.21. The van der Waals surface area contributed by atoms with Crippen LogP contribution in [0.4, 0.5) is 14.5 Å². The van der Waals surface area contributed by atoms with E-state index >= 15 is 0 Å². The van der Waals surface area contributed by atoms with Gasteiger partial charge >= 0.3 is 0 Å². The summed E-state index contributed by atoms with van der Waals surface area (Å²) in [6.07, 6.45) is 2.89. The molecule has 29 heavy (non-hydrogen) atoms. The molecule has 9 heteroatoms. The Morgan fingerprint density at radius 1 is 1.07 bits per heavy atom. The summed E-state index contributed by atoms with van der Waals surface area (Å²) in [4.78, 5) is 3.98. The molecule has 2 aromatic carbocycles. The van der Waals surface area contributed by atoms with E-state index in [1.54, 1.807) is 35.9 Å².